The molecule has 0 spiro atoms. The first kappa shape index (κ1) is 12.8. The van der Waals surface area contributed by atoms with Crippen molar-refractivity contribution in [2.24, 2.45) is 5.73 Å². The number of nitrogens with two attached hydrogens (primary N) is 1. The van der Waals surface area contributed by atoms with E-state index >= 15 is 0 Å². The maximum absolute atomic E-state index is 10.6. The minimum Gasteiger partial charge on any atom is -0.504 e. The molecule has 0 bridgehead atoms. The minimum absolute atomic E-state index is 0.0464. The summed E-state index contributed by atoms with van der Waals surface area (Å²) in [5, 5.41) is 18.5. The van der Waals surface area contributed by atoms with Crippen molar-refractivity contribution in [3.05, 3.63) is 22.2 Å². The Morgan fingerprint density at radius 1 is 1.62 bits per heavy atom. The van der Waals surface area contributed by atoms with Gasteiger partial charge in [0.25, 0.3) is 0 Å². The van der Waals surface area contributed by atoms with Gasteiger partial charge in [-0.2, -0.15) is 0 Å². The fraction of sp³-hybridized carbons (Fsp3) is 0.300. The predicted molar refractivity (Wildman–Crippen MR) is 61.7 cm³/mol. The van der Waals surface area contributed by atoms with Crippen LogP contribution in [0.4, 0.5) is 0 Å². The Morgan fingerprint density at radius 3 is 2.75 bits per heavy atom. The average Bonchev–Trinajstić information content (AvgIpc) is 2.22. The number of phenolic OH excluding ortho intramolecular Hbond substituents is 1. The molecule has 0 fully saturated rings. The summed E-state index contributed by atoms with van der Waals surface area (Å²) in [6.07, 6.45) is 0.0464. The quantitative estimate of drug-likeness (QED) is 0.772. The van der Waals surface area contributed by atoms with Crippen LogP contribution in [0.1, 0.15) is 5.56 Å². The van der Waals surface area contributed by atoms with Crippen LogP contribution in [-0.4, -0.2) is 29.3 Å². The lowest BCUT2D eigenvalue weighted by atomic mass is 10.1. The Balaban J connectivity index is 3.02. The third-order valence-electron chi connectivity index (χ3n) is 2.13. The van der Waals surface area contributed by atoms with E-state index in [1.54, 1.807) is 12.1 Å². The molecule has 16 heavy (non-hydrogen) atoms. The lowest BCUT2D eigenvalue weighted by molar-refractivity contribution is -0.138. The summed E-state index contributed by atoms with van der Waals surface area (Å²) in [6, 6.07) is 2.23. The number of carboxylic acids is 1. The standard InChI is InChI=1S/C10H12BrNO4/c1-16-9-6(11)3-2-5(8(9)13)4-7(12)10(14)15/h2-3,7,13H,4,12H2,1H3,(H,14,15). The fourth-order valence-electron chi connectivity index (χ4n) is 1.27. The highest BCUT2D eigenvalue weighted by Crippen LogP contribution is 2.37. The lowest BCUT2D eigenvalue weighted by Gasteiger charge is -2.12. The summed E-state index contributed by atoms with van der Waals surface area (Å²) < 4.78 is 5.57. The van der Waals surface area contributed by atoms with Crippen LogP contribution in [0.5, 0.6) is 11.5 Å². The summed E-state index contributed by atoms with van der Waals surface area (Å²) in [7, 11) is 1.42. The van der Waals surface area contributed by atoms with Crippen molar-refractivity contribution < 1.29 is 19.7 Å². The molecule has 0 amide bonds. The van der Waals surface area contributed by atoms with E-state index < -0.39 is 12.0 Å². The van der Waals surface area contributed by atoms with Gasteiger partial charge in [0.1, 0.15) is 6.04 Å². The first-order valence-corrected chi connectivity index (χ1v) is 5.29. The molecule has 0 radical (unpaired) electrons. The number of aromatic hydroxyl groups is 1. The summed E-state index contributed by atoms with van der Waals surface area (Å²) in [6.45, 7) is 0. The van der Waals surface area contributed by atoms with Gasteiger partial charge < -0.3 is 20.7 Å². The smallest absolute Gasteiger partial charge is 0.320 e. The van der Waals surface area contributed by atoms with Gasteiger partial charge in [-0.15, -0.1) is 0 Å². The van der Waals surface area contributed by atoms with Crippen LogP contribution in [0, 0.1) is 0 Å². The highest BCUT2D eigenvalue weighted by atomic mass is 79.9. The number of hydrogen-bond acceptors (Lipinski definition) is 4. The Labute approximate surface area is 101 Å². The van der Waals surface area contributed by atoms with Crippen LogP contribution in [0.3, 0.4) is 0 Å². The number of halogens is 1. The third-order valence-corrected chi connectivity index (χ3v) is 2.75. The van der Waals surface area contributed by atoms with Gasteiger partial charge in [-0.3, -0.25) is 4.79 Å². The third kappa shape index (κ3) is 2.65. The molecular formula is C10H12BrNO4. The summed E-state index contributed by atoms with van der Waals surface area (Å²) >= 11 is 3.20. The Bertz CT molecular complexity index is 408. The number of ether oxygens (including phenoxy) is 1. The molecule has 1 rings (SSSR count). The lowest BCUT2D eigenvalue weighted by Crippen LogP contribution is -2.32. The number of hydrogen-bond donors (Lipinski definition) is 3. The van der Waals surface area contributed by atoms with E-state index in [2.05, 4.69) is 15.9 Å². The van der Waals surface area contributed by atoms with Crippen molar-refractivity contribution in [3.63, 3.8) is 0 Å². The molecule has 0 aromatic heterocycles. The monoisotopic (exact) mass is 289 g/mol. The second kappa shape index (κ2) is 5.18. The minimum atomic E-state index is -1.11. The molecule has 0 saturated carbocycles. The number of rotatable bonds is 4. The van der Waals surface area contributed by atoms with E-state index in [9.17, 15) is 9.90 Å². The van der Waals surface area contributed by atoms with Gasteiger partial charge in [-0.05, 0) is 27.6 Å². The van der Waals surface area contributed by atoms with Crippen LogP contribution in [0.25, 0.3) is 0 Å². The van der Waals surface area contributed by atoms with E-state index in [1.807, 2.05) is 0 Å². The van der Waals surface area contributed by atoms with Crippen LogP contribution in [-0.2, 0) is 11.2 Å². The normalized spacial score (nSPS) is 12.2. The SMILES string of the molecule is COc1c(Br)ccc(CC(N)C(=O)O)c1O. The number of phenols is 1. The Kier molecular flexibility index (Phi) is 4.14. The molecule has 5 nitrogen and oxygen atoms in total. The highest BCUT2D eigenvalue weighted by molar-refractivity contribution is 9.10. The van der Waals surface area contributed by atoms with Crippen molar-refractivity contribution in [3.8, 4) is 11.5 Å². The second-order valence-electron chi connectivity index (χ2n) is 3.24. The maximum atomic E-state index is 10.6. The van der Waals surface area contributed by atoms with Crippen LogP contribution in [0.15, 0.2) is 16.6 Å². The van der Waals surface area contributed by atoms with Gasteiger partial charge in [0.15, 0.2) is 11.5 Å². The average molecular weight is 290 g/mol. The van der Waals surface area contributed by atoms with Gasteiger partial charge in [-0.25, -0.2) is 0 Å². The first-order chi connectivity index (χ1) is 7.47. The number of benzene rings is 1. The zero-order valence-electron chi connectivity index (χ0n) is 8.61. The van der Waals surface area contributed by atoms with Gasteiger partial charge >= 0.3 is 5.97 Å². The molecule has 6 heteroatoms. The largest absolute Gasteiger partial charge is 0.504 e. The van der Waals surface area contributed by atoms with Crippen molar-refractivity contribution >= 4 is 21.9 Å². The van der Waals surface area contributed by atoms with E-state index in [4.69, 9.17) is 15.6 Å². The molecule has 1 aromatic rings. The maximum Gasteiger partial charge on any atom is 0.320 e. The zero-order valence-corrected chi connectivity index (χ0v) is 10.2. The summed E-state index contributed by atoms with van der Waals surface area (Å²) in [5.74, 6) is -0.926. The van der Waals surface area contributed by atoms with Crippen LogP contribution >= 0.6 is 15.9 Å². The molecule has 4 N–H and O–H groups in total. The molecule has 0 aliphatic carbocycles. The molecule has 0 heterocycles. The first-order valence-electron chi connectivity index (χ1n) is 4.50. The summed E-state index contributed by atoms with van der Waals surface area (Å²) in [5.41, 5.74) is 5.82. The van der Waals surface area contributed by atoms with E-state index in [1.165, 1.54) is 7.11 Å². The van der Waals surface area contributed by atoms with E-state index in [0.29, 0.717) is 10.0 Å². The highest BCUT2D eigenvalue weighted by Gasteiger charge is 2.17. The molecule has 0 aliphatic rings. The molecule has 1 unspecified atom stereocenters. The molecule has 1 atom stereocenters. The van der Waals surface area contributed by atoms with Crippen molar-refractivity contribution in [2.45, 2.75) is 12.5 Å². The second-order valence-corrected chi connectivity index (χ2v) is 4.09. The Morgan fingerprint density at radius 2 is 2.25 bits per heavy atom. The molecule has 88 valence electrons. The Hall–Kier alpha value is -1.27. The number of carboxylic acid groups (broad SMARTS) is 1. The number of aliphatic carboxylic acids is 1. The van der Waals surface area contributed by atoms with Crippen LogP contribution in [0.2, 0.25) is 0 Å². The van der Waals surface area contributed by atoms with E-state index in [-0.39, 0.29) is 17.9 Å². The van der Waals surface area contributed by atoms with Crippen LogP contribution < -0.4 is 10.5 Å². The van der Waals surface area contributed by atoms with Gasteiger partial charge in [0, 0.05) is 6.42 Å². The molecule has 1 aromatic carbocycles. The number of methoxy groups -OCH3 is 1. The molecule has 0 saturated heterocycles. The summed E-state index contributed by atoms with van der Waals surface area (Å²) in [4.78, 5) is 10.6. The van der Waals surface area contributed by atoms with Crippen molar-refractivity contribution in [1.29, 1.82) is 0 Å². The predicted octanol–water partition coefficient (Wildman–Crippen LogP) is 1.12. The van der Waals surface area contributed by atoms with Gasteiger partial charge in [0.2, 0.25) is 0 Å². The van der Waals surface area contributed by atoms with E-state index in [0.717, 1.165) is 0 Å². The zero-order chi connectivity index (χ0) is 12.3. The van der Waals surface area contributed by atoms with Crippen molar-refractivity contribution in [1.82, 2.24) is 0 Å². The van der Waals surface area contributed by atoms with Gasteiger partial charge in [0.05, 0.1) is 11.6 Å². The fourth-order valence-corrected chi connectivity index (χ4v) is 1.75. The topological polar surface area (TPSA) is 92.8 Å². The number of carbonyl (C=O) groups is 1. The molecule has 0 aliphatic heterocycles. The van der Waals surface area contributed by atoms with Gasteiger partial charge in [-0.1, -0.05) is 6.07 Å². The molecular weight excluding hydrogens is 278 g/mol. The van der Waals surface area contributed by atoms with Crippen molar-refractivity contribution in [2.75, 3.05) is 7.11 Å².